The van der Waals surface area contributed by atoms with Crippen LogP contribution >= 0.6 is 0 Å². The van der Waals surface area contributed by atoms with E-state index in [9.17, 15) is 4.79 Å². The summed E-state index contributed by atoms with van der Waals surface area (Å²) < 4.78 is 4.93. The van der Waals surface area contributed by atoms with Gasteiger partial charge in [0, 0.05) is 12.6 Å². The molecule has 1 fully saturated rings. The van der Waals surface area contributed by atoms with Crippen LogP contribution < -0.4 is 11.5 Å². The Bertz CT molecular complexity index is 126. The minimum absolute atomic E-state index is 0.192. The van der Waals surface area contributed by atoms with Gasteiger partial charge in [0.2, 0.25) is 5.91 Å². The maximum Gasteiger partial charge on any atom is 0.248 e. The Hall–Kier alpha value is -0.610. The summed E-state index contributed by atoms with van der Waals surface area (Å²) in [6.45, 7) is 0.550. The van der Waals surface area contributed by atoms with E-state index in [4.69, 9.17) is 16.2 Å². The lowest BCUT2D eigenvalue weighted by Crippen LogP contribution is -2.40. The van der Waals surface area contributed by atoms with Crippen molar-refractivity contribution in [3.05, 3.63) is 0 Å². The van der Waals surface area contributed by atoms with Crippen LogP contribution in [0.2, 0.25) is 0 Å². The first kappa shape index (κ1) is 6.51. The SMILES string of the molecule is NC(=O)[C@H]1OCC[C@H]1N. The monoisotopic (exact) mass is 130 g/mol. The number of ether oxygens (including phenoxy) is 1. The van der Waals surface area contributed by atoms with Crippen LogP contribution in [-0.4, -0.2) is 24.7 Å². The molecule has 1 aliphatic rings. The summed E-state index contributed by atoms with van der Waals surface area (Å²) in [5.41, 5.74) is 10.4. The largest absolute Gasteiger partial charge is 0.367 e. The number of carbonyl (C=O) groups is 1. The summed E-state index contributed by atoms with van der Waals surface area (Å²) in [6.07, 6.45) is 0.179. The van der Waals surface area contributed by atoms with Crippen LogP contribution in [0.5, 0.6) is 0 Å². The fourth-order valence-electron chi connectivity index (χ4n) is 0.899. The van der Waals surface area contributed by atoms with Crippen molar-refractivity contribution in [3.8, 4) is 0 Å². The Morgan fingerprint density at radius 1 is 1.67 bits per heavy atom. The fourth-order valence-corrected chi connectivity index (χ4v) is 0.899. The zero-order valence-corrected chi connectivity index (χ0v) is 5.04. The van der Waals surface area contributed by atoms with Crippen LogP contribution in [0, 0.1) is 0 Å². The van der Waals surface area contributed by atoms with E-state index >= 15 is 0 Å². The Morgan fingerprint density at radius 2 is 2.33 bits per heavy atom. The maximum absolute atomic E-state index is 10.4. The van der Waals surface area contributed by atoms with Crippen molar-refractivity contribution >= 4 is 5.91 Å². The van der Waals surface area contributed by atoms with E-state index in [1.54, 1.807) is 0 Å². The Kier molecular flexibility index (Phi) is 1.68. The zero-order valence-electron chi connectivity index (χ0n) is 5.04. The lowest BCUT2D eigenvalue weighted by atomic mass is 10.1. The van der Waals surface area contributed by atoms with Crippen molar-refractivity contribution in [2.75, 3.05) is 6.61 Å². The minimum atomic E-state index is -0.551. The van der Waals surface area contributed by atoms with Gasteiger partial charge in [0.15, 0.2) is 6.10 Å². The number of nitrogens with two attached hydrogens (primary N) is 2. The molecule has 0 aromatic rings. The Labute approximate surface area is 53.1 Å². The highest BCUT2D eigenvalue weighted by molar-refractivity contribution is 5.79. The molecule has 4 heteroatoms. The van der Waals surface area contributed by atoms with E-state index < -0.39 is 12.0 Å². The van der Waals surface area contributed by atoms with Crippen LogP contribution in [0.3, 0.4) is 0 Å². The number of primary amides is 1. The fraction of sp³-hybridized carbons (Fsp3) is 0.800. The summed E-state index contributed by atoms with van der Waals surface area (Å²) in [4.78, 5) is 10.4. The van der Waals surface area contributed by atoms with Crippen LogP contribution in [0.4, 0.5) is 0 Å². The quantitative estimate of drug-likeness (QED) is 0.457. The molecular formula is C5H10N2O2. The van der Waals surface area contributed by atoms with Gasteiger partial charge in [0.05, 0.1) is 0 Å². The van der Waals surface area contributed by atoms with Gasteiger partial charge in [-0.3, -0.25) is 4.79 Å². The molecule has 4 nitrogen and oxygen atoms in total. The smallest absolute Gasteiger partial charge is 0.248 e. The minimum Gasteiger partial charge on any atom is -0.367 e. The Morgan fingerprint density at radius 3 is 2.56 bits per heavy atom. The Balaban J connectivity index is 2.49. The van der Waals surface area contributed by atoms with Crippen LogP contribution in [-0.2, 0) is 9.53 Å². The summed E-state index contributed by atoms with van der Waals surface area (Å²) in [5.74, 6) is -0.458. The van der Waals surface area contributed by atoms with E-state index in [0.29, 0.717) is 6.61 Å². The third-order valence-electron chi connectivity index (χ3n) is 1.42. The number of amides is 1. The van der Waals surface area contributed by atoms with E-state index in [0.717, 1.165) is 6.42 Å². The van der Waals surface area contributed by atoms with E-state index in [2.05, 4.69) is 0 Å². The van der Waals surface area contributed by atoms with Gasteiger partial charge in [0.1, 0.15) is 0 Å². The van der Waals surface area contributed by atoms with Gasteiger partial charge in [-0.05, 0) is 6.42 Å². The van der Waals surface area contributed by atoms with Gasteiger partial charge in [0.25, 0.3) is 0 Å². The van der Waals surface area contributed by atoms with Gasteiger partial charge >= 0.3 is 0 Å². The summed E-state index contributed by atoms with van der Waals surface area (Å²) in [7, 11) is 0. The molecule has 52 valence electrons. The predicted octanol–water partition coefficient (Wildman–Crippen LogP) is -1.41. The van der Waals surface area contributed by atoms with E-state index in [-0.39, 0.29) is 6.04 Å². The van der Waals surface area contributed by atoms with Crippen molar-refractivity contribution in [3.63, 3.8) is 0 Å². The second-order valence-electron chi connectivity index (χ2n) is 2.15. The molecule has 1 rings (SSSR count). The molecule has 0 radical (unpaired) electrons. The van der Waals surface area contributed by atoms with Crippen LogP contribution in [0.25, 0.3) is 0 Å². The van der Waals surface area contributed by atoms with Crippen molar-refractivity contribution in [1.82, 2.24) is 0 Å². The number of rotatable bonds is 1. The topological polar surface area (TPSA) is 78.3 Å². The van der Waals surface area contributed by atoms with Gasteiger partial charge in [-0.25, -0.2) is 0 Å². The van der Waals surface area contributed by atoms with Crippen molar-refractivity contribution < 1.29 is 9.53 Å². The molecule has 0 spiro atoms. The second-order valence-corrected chi connectivity index (χ2v) is 2.15. The van der Waals surface area contributed by atoms with E-state index in [1.807, 2.05) is 0 Å². The maximum atomic E-state index is 10.4. The highest BCUT2D eigenvalue weighted by Crippen LogP contribution is 2.09. The normalized spacial score (nSPS) is 34.8. The third-order valence-corrected chi connectivity index (χ3v) is 1.42. The molecule has 1 amide bonds. The predicted molar refractivity (Wildman–Crippen MR) is 31.5 cm³/mol. The summed E-state index contributed by atoms with van der Waals surface area (Å²) in [5, 5.41) is 0. The first-order valence-corrected chi connectivity index (χ1v) is 2.88. The average molecular weight is 130 g/mol. The molecule has 1 saturated heterocycles. The summed E-state index contributed by atoms with van der Waals surface area (Å²) in [6, 6.07) is -0.192. The molecule has 0 unspecified atom stereocenters. The van der Waals surface area contributed by atoms with Crippen LogP contribution in [0.15, 0.2) is 0 Å². The van der Waals surface area contributed by atoms with Gasteiger partial charge in [-0.1, -0.05) is 0 Å². The molecule has 0 aromatic heterocycles. The van der Waals surface area contributed by atoms with Crippen LogP contribution in [0.1, 0.15) is 6.42 Å². The first-order chi connectivity index (χ1) is 4.22. The van der Waals surface area contributed by atoms with Gasteiger partial charge in [-0.2, -0.15) is 0 Å². The van der Waals surface area contributed by atoms with Gasteiger partial charge in [-0.15, -0.1) is 0 Å². The first-order valence-electron chi connectivity index (χ1n) is 2.88. The molecule has 9 heavy (non-hydrogen) atoms. The zero-order chi connectivity index (χ0) is 6.85. The lowest BCUT2D eigenvalue weighted by Gasteiger charge is -2.08. The average Bonchev–Trinajstić information content (AvgIpc) is 2.13. The molecular weight excluding hydrogens is 120 g/mol. The van der Waals surface area contributed by atoms with Crippen molar-refractivity contribution in [2.45, 2.75) is 18.6 Å². The third kappa shape index (κ3) is 1.20. The van der Waals surface area contributed by atoms with Crippen molar-refractivity contribution in [2.24, 2.45) is 11.5 Å². The van der Waals surface area contributed by atoms with E-state index in [1.165, 1.54) is 0 Å². The summed E-state index contributed by atoms with van der Waals surface area (Å²) >= 11 is 0. The standard InChI is InChI=1S/C5H10N2O2/c6-3-1-2-9-4(3)5(7)8/h3-4H,1-2,6H2,(H2,7,8)/t3-,4+/m1/s1. The number of carbonyl (C=O) groups excluding carboxylic acids is 1. The molecule has 0 saturated carbocycles. The molecule has 4 N–H and O–H groups in total. The molecule has 2 atom stereocenters. The molecule has 0 bridgehead atoms. The molecule has 1 aliphatic heterocycles. The number of hydrogen-bond acceptors (Lipinski definition) is 3. The lowest BCUT2D eigenvalue weighted by molar-refractivity contribution is -0.127. The highest BCUT2D eigenvalue weighted by Gasteiger charge is 2.29. The molecule has 1 heterocycles. The van der Waals surface area contributed by atoms with Crippen molar-refractivity contribution in [1.29, 1.82) is 0 Å². The highest BCUT2D eigenvalue weighted by atomic mass is 16.5. The van der Waals surface area contributed by atoms with Gasteiger partial charge < -0.3 is 16.2 Å². The molecule has 0 aromatic carbocycles. The second kappa shape index (κ2) is 2.33. The number of hydrogen-bond donors (Lipinski definition) is 2. The molecule has 0 aliphatic carbocycles.